The van der Waals surface area contributed by atoms with Crippen molar-refractivity contribution in [3.05, 3.63) is 70.3 Å². The van der Waals surface area contributed by atoms with Crippen LogP contribution in [0.15, 0.2) is 57.9 Å². The van der Waals surface area contributed by atoms with E-state index >= 15 is 0 Å². The number of aliphatic hydroxyl groups is 2. The second kappa shape index (κ2) is 16.8. The van der Waals surface area contributed by atoms with Gasteiger partial charge in [0.1, 0.15) is 37.4 Å². The number of nitrogens with zero attached hydrogens (tertiary/aromatic N) is 1. The number of fused-ring (bicyclic) bond motifs is 5. The first kappa shape index (κ1) is 42.6. The fourth-order valence-electron chi connectivity index (χ4n) is 11.7. The number of ether oxygens (including phenoxy) is 2. The number of benzene rings is 1. The van der Waals surface area contributed by atoms with E-state index in [2.05, 4.69) is 17.6 Å². The molecule has 4 saturated carbocycles. The average Bonchev–Trinajstić information content (AvgIpc) is 3.84. The summed E-state index contributed by atoms with van der Waals surface area (Å²) in [6, 6.07) is 10.4. The minimum absolute atomic E-state index is 0.0187. The molecule has 59 heavy (non-hydrogen) atoms. The zero-order chi connectivity index (χ0) is 42.3. The van der Waals surface area contributed by atoms with Crippen LogP contribution in [-0.4, -0.2) is 87.8 Å². The molecule has 320 valence electrons. The van der Waals surface area contributed by atoms with Gasteiger partial charge >= 0.3 is 17.7 Å². The fraction of sp³-hybridized carbons (Fsp3) is 0.644. The summed E-state index contributed by atoms with van der Waals surface area (Å²) in [5.41, 5.74) is -2.12. The highest BCUT2D eigenvalue weighted by molar-refractivity contribution is 5.93. The molecule has 5 aliphatic rings. The van der Waals surface area contributed by atoms with E-state index in [1.165, 1.54) is 17.2 Å². The van der Waals surface area contributed by atoms with Crippen molar-refractivity contribution < 1.29 is 48.1 Å². The molecule has 4 aliphatic carbocycles. The summed E-state index contributed by atoms with van der Waals surface area (Å²) in [6.45, 7) is 7.72. The Morgan fingerprint density at radius 1 is 1.00 bits per heavy atom. The molecule has 0 bridgehead atoms. The maximum Gasteiger partial charge on any atom is 0.407 e. The highest BCUT2D eigenvalue weighted by atomic mass is 16.6. The van der Waals surface area contributed by atoms with Gasteiger partial charge in [-0.3, -0.25) is 14.4 Å². The molecule has 1 saturated heterocycles. The summed E-state index contributed by atoms with van der Waals surface area (Å²) < 4.78 is 16.5. The standard InChI is InChI=1S/C45H59N3O11/c1-5-26(2)37(47-40(53)33-12-9-21-48(33)34(49)23-46-42(55)58-24-27-10-7-6-8-11-27)41(54)59-30-17-19-43(3)29(22-30)14-15-32-36(43)38(51)39(52)44(4)31(18-20-45(32,44)56)28-13-16-35(50)57-25-28/h6-8,10-11,13,16,25-26,29-33,36-38,51,56H,5,9,12,14-15,17-24H2,1-4H3,(H,46,55)(H,47,53)/t26-,29+,30-,31+,32+,33-,36+,37-,38-,43-,44-,45-/m0/s1. The molecule has 3 amide bonds. The number of rotatable bonds is 11. The van der Waals surface area contributed by atoms with Crippen LogP contribution in [0, 0.1) is 34.5 Å². The SMILES string of the molecule is CC[C@H](C)[C@H](NC(=O)[C@@H]1CCCN1C(=O)CNC(=O)OCc1ccccc1)C(=O)O[C@H]1CC[C@@]2(C)[C@H](CC[C@@H]3[C@@H]2[C@H](O)C(=O)[C@]2(C)[C@@H](c4ccc(=O)oc4)CC[C@]32O)C1. The van der Waals surface area contributed by atoms with Crippen molar-refractivity contribution in [2.75, 3.05) is 13.1 Å². The number of ketones is 1. The molecule has 2 aromatic rings. The summed E-state index contributed by atoms with van der Waals surface area (Å²) in [4.78, 5) is 80.6. The highest BCUT2D eigenvalue weighted by Gasteiger charge is 2.73. The van der Waals surface area contributed by atoms with Crippen LogP contribution >= 0.6 is 0 Å². The number of aliphatic hydroxyl groups excluding tert-OH is 1. The topological polar surface area (TPSA) is 202 Å². The normalized spacial score (nSPS) is 34.7. The minimum Gasteiger partial charge on any atom is -0.461 e. The zero-order valence-corrected chi connectivity index (χ0v) is 34.5. The zero-order valence-electron chi connectivity index (χ0n) is 34.5. The first-order valence-electron chi connectivity index (χ1n) is 21.4. The van der Waals surface area contributed by atoms with Gasteiger partial charge in [-0.1, -0.05) is 57.5 Å². The Labute approximate surface area is 344 Å². The number of esters is 1. The quantitative estimate of drug-likeness (QED) is 0.235. The average molecular weight is 818 g/mol. The Hall–Kier alpha value is -4.56. The number of carbonyl (C=O) groups is 5. The molecule has 0 unspecified atom stereocenters. The number of Topliss-reactive ketones (excluding diaryl/α,β-unsaturated/α-hetero) is 1. The Kier molecular flexibility index (Phi) is 12.1. The predicted molar refractivity (Wildman–Crippen MR) is 213 cm³/mol. The molecule has 14 heteroatoms. The number of nitrogens with one attached hydrogen (secondary N) is 2. The van der Waals surface area contributed by atoms with Crippen molar-refractivity contribution in [2.45, 2.75) is 134 Å². The van der Waals surface area contributed by atoms with E-state index in [1.807, 2.05) is 44.2 Å². The largest absolute Gasteiger partial charge is 0.461 e. The van der Waals surface area contributed by atoms with Gasteiger partial charge in [0.25, 0.3) is 0 Å². The van der Waals surface area contributed by atoms with E-state index in [4.69, 9.17) is 13.9 Å². The monoisotopic (exact) mass is 817 g/mol. The van der Waals surface area contributed by atoms with Gasteiger partial charge in [-0.15, -0.1) is 0 Å². The fourth-order valence-corrected chi connectivity index (χ4v) is 11.7. The number of hydrogen-bond acceptors (Lipinski definition) is 11. The van der Waals surface area contributed by atoms with Crippen LogP contribution in [0.4, 0.5) is 4.79 Å². The van der Waals surface area contributed by atoms with Crippen LogP contribution in [0.3, 0.4) is 0 Å². The molecule has 5 fully saturated rings. The molecule has 0 radical (unpaired) electrons. The van der Waals surface area contributed by atoms with Crippen molar-refractivity contribution in [2.24, 2.45) is 34.5 Å². The molecule has 4 N–H and O–H groups in total. The number of hydrogen-bond donors (Lipinski definition) is 4. The smallest absolute Gasteiger partial charge is 0.407 e. The third-order valence-electron chi connectivity index (χ3n) is 15.3. The lowest BCUT2D eigenvalue weighted by atomic mass is 9.42. The molecule has 1 aliphatic heterocycles. The van der Waals surface area contributed by atoms with Crippen molar-refractivity contribution >= 4 is 29.7 Å². The van der Waals surface area contributed by atoms with Crippen LogP contribution in [0.5, 0.6) is 0 Å². The van der Waals surface area contributed by atoms with Crippen molar-refractivity contribution in [3.8, 4) is 0 Å². The van der Waals surface area contributed by atoms with Gasteiger partial charge in [-0.25, -0.2) is 14.4 Å². The van der Waals surface area contributed by atoms with E-state index in [9.17, 15) is 39.0 Å². The van der Waals surface area contributed by atoms with Crippen LogP contribution in [-0.2, 0) is 35.3 Å². The van der Waals surface area contributed by atoms with Crippen LogP contribution < -0.4 is 16.3 Å². The summed E-state index contributed by atoms with van der Waals surface area (Å²) >= 11 is 0. The van der Waals surface area contributed by atoms with Gasteiger partial charge < -0.3 is 39.6 Å². The Bertz CT molecular complexity index is 1950. The second-order valence-corrected chi connectivity index (χ2v) is 18.2. The Morgan fingerprint density at radius 3 is 2.47 bits per heavy atom. The van der Waals surface area contributed by atoms with E-state index in [-0.39, 0.29) is 36.7 Å². The third-order valence-corrected chi connectivity index (χ3v) is 15.3. The van der Waals surface area contributed by atoms with Crippen LogP contribution in [0.25, 0.3) is 0 Å². The lowest BCUT2D eigenvalue weighted by Gasteiger charge is -2.64. The molecule has 7 rings (SSSR count). The van der Waals surface area contributed by atoms with Gasteiger partial charge in [0.05, 0.1) is 17.3 Å². The van der Waals surface area contributed by atoms with Gasteiger partial charge in [-0.2, -0.15) is 0 Å². The molecule has 1 aromatic heterocycles. The second-order valence-electron chi connectivity index (χ2n) is 18.2. The van der Waals surface area contributed by atoms with E-state index in [0.717, 1.165) is 12.0 Å². The molecule has 1 aromatic carbocycles. The summed E-state index contributed by atoms with van der Waals surface area (Å²) in [5, 5.41) is 29.9. The highest BCUT2D eigenvalue weighted by Crippen LogP contribution is 2.69. The lowest BCUT2D eigenvalue weighted by Crippen LogP contribution is -2.70. The van der Waals surface area contributed by atoms with Crippen LogP contribution in [0.2, 0.25) is 0 Å². The number of alkyl carbamates (subject to hydrolysis) is 1. The molecular weight excluding hydrogens is 759 g/mol. The Balaban J connectivity index is 0.965. The van der Waals surface area contributed by atoms with E-state index in [1.54, 1.807) is 13.0 Å². The lowest BCUT2D eigenvalue weighted by molar-refractivity contribution is -0.229. The third kappa shape index (κ3) is 7.71. The first-order chi connectivity index (χ1) is 28.1. The van der Waals surface area contributed by atoms with Crippen molar-refractivity contribution in [1.29, 1.82) is 0 Å². The maximum absolute atomic E-state index is 14.4. The van der Waals surface area contributed by atoms with Crippen LogP contribution in [0.1, 0.15) is 109 Å². The Morgan fingerprint density at radius 2 is 1.76 bits per heavy atom. The van der Waals surface area contributed by atoms with E-state index in [0.29, 0.717) is 69.9 Å². The van der Waals surface area contributed by atoms with Gasteiger partial charge in [0.15, 0.2) is 5.78 Å². The summed E-state index contributed by atoms with van der Waals surface area (Å²) in [7, 11) is 0. The predicted octanol–water partition coefficient (Wildman–Crippen LogP) is 4.39. The number of amides is 3. The molecule has 2 heterocycles. The molecular formula is C45H59N3O11. The summed E-state index contributed by atoms with van der Waals surface area (Å²) in [6.07, 6.45) is 4.34. The van der Waals surface area contributed by atoms with Gasteiger partial charge in [-0.05, 0) is 105 Å². The molecule has 0 spiro atoms. The maximum atomic E-state index is 14.4. The molecule has 14 nitrogen and oxygen atoms in total. The van der Waals surface area contributed by atoms with Gasteiger partial charge in [0, 0.05) is 24.4 Å². The van der Waals surface area contributed by atoms with Gasteiger partial charge in [0.2, 0.25) is 11.8 Å². The van der Waals surface area contributed by atoms with E-state index < -0.39 is 82.1 Å². The minimum atomic E-state index is -1.35. The number of likely N-dealkylation sites (tertiary alicyclic amines) is 1. The summed E-state index contributed by atoms with van der Waals surface area (Å²) in [5.74, 6) is -3.25. The number of carbonyl (C=O) groups excluding carboxylic acids is 5. The van der Waals surface area contributed by atoms with Crippen molar-refractivity contribution in [1.82, 2.24) is 15.5 Å². The first-order valence-corrected chi connectivity index (χ1v) is 21.4. The van der Waals surface area contributed by atoms with Crippen molar-refractivity contribution in [3.63, 3.8) is 0 Å². The molecule has 12 atom stereocenters.